The second-order valence-electron chi connectivity index (χ2n) is 7.79. The SMILES string of the molecule is N#Cc1ccc(O[C@H]2CN(c3cc(C4CNC(=O)NC4=O)nn4ccnc34)CC2(F)F)cc1. The summed E-state index contributed by atoms with van der Waals surface area (Å²) in [6.45, 7) is -0.710. The van der Waals surface area contributed by atoms with Gasteiger partial charge in [-0.1, -0.05) is 0 Å². The number of alkyl halides is 2. The molecule has 2 aromatic heterocycles. The molecule has 0 saturated carbocycles. The van der Waals surface area contributed by atoms with E-state index in [1.165, 1.54) is 39.9 Å². The van der Waals surface area contributed by atoms with Crippen molar-refractivity contribution in [1.29, 1.82) is 5.26 Å². The molecule has 33 heavy (non-hydrogen) atoms. The summed E-state index contributed by atoms with van der Waals surface area (Å²) < 4.78 is 36.8. The fraction of sp³-hybridized carbons (Fsp3) is 0.286. The molecule has 0 spiro atoms. The Kier molecular flexibility index (Phi) is 4.81. The molecule has 2 aliphatic heterocycles. The minimum atomic E-state index is -3.17. The molecule has 2 fully saturated rings. The number of hydrogen-bond donors (Lipinski definition) is 2. The lowest BCUT2D eigenvalue weighted by molar-refractivity contribution is -0.122. The number of nitriles is 1. The van der Waals surface area contributed by atoms with Crippen molar-refractivity contribution in [2.45, 2.75) is 17.9 Å². The Morgan fingerprint density at radius 1 is 1.24 bits per heavy atom. The number of benzene rings is 1. The van der Waals surface area contributed by atoms with E-state index in [0.717, 1.165) is 0 Å². The number of rotatable bonds is 4. The zero-order valence-electron chi connectivity index (χ0n) is 17.0. The van der Waals surface area contributed by atoms with Crippen molar-refractivity contribution in [3.05, 3.63) is 54.0 Å². The fourth-order valence-corrected chi connectivity index (χ4v) is 3.93. The summed E-state index contributed by atoms with van der Waals surface area (Å²) in [6, 6.07) is 8.87. The van der Waals surface area contributed by atoms with Crippen molar-refractivity contribution in [2.75, 3.05) is 24.5 Å². The highest BCUT2D eigenvalue weighted by molar-refractivity contribution is 6.00. The third kappa shape index (κ3) is 3.78. The molecule has 1 unspecified atom stereocenters. The van der Waals surface area contributed by atoms with Crippen molar-refractivity contribution in [1.82, 2.24) is 25.2 Å². The number of urea groups is 1. The number of hydrogen-bond acceptors (Lipinski definition) is 7. The molecule has 168 valence electrons. The topological polar surface area (TPSA) is 125 Å². The lowest BCUT2D eigenvalue weighted by Gasteiger charge is -2.24. The number of anilines is 1. The van der Waals surface area contributed by atoms with Crippen LogP contribution >= 0.6 is 0 Å². The van der Waals surface area contributed by atoms with Gasteiger partial charge in [0.25, 0.3) is 0 Å². The van der Waals surface area contributed by atoms with E-state index >= 15 is 0 Å². The van der Waals surface area contributed by atoms with E-state index < -0.39 is 36.4 Å². The van der Waals surface area contributed by atoms with Crippen LogP contribution in [-0.4, -0.2) is 58.2 Å². The Labute approximate surface area is 185 Å². The number of amides is 3. The number of halogens is 2. The molecule has 0 bridgehead atoms. The lowest BCUT2D eigenvalue weighted by atomic mass is 10.0. The van der Waals surface area contributed by atoms with Crippen molar-refractivity contribution in [3.63, 3.8) is 0 Å². The summed E-state index contributed by atoms with van der Waals surface area (Å²) in [7, 11) is 0. The number of imide groups is 1. The summed E-state index contributed by atoms with van der Waals surface area (Å²) in [5, 5.41) is 18.0. The summed E-state index contributed by atoms with van der Waals surface area (Å²) in [5.41, 5.74) is 1.44. The highest BCUT2D eigenvalue weighted by Gasteiger charge is 2.50. The van der Waals surface area contributed by atoms with Gasteiger partial charge in [-0.3, -0.25) is 10.1 Å². The standard InChI is InChI=1S/C21H17F2N7O3/c22-21(23)11-29(10-17(21)33-13-3-1-12(8-24)2-4-13)16-7-15(28-30-6-5-25-18(16)30)14-9-26-20(32)27-19(14)31/h1-7,14,17H,9-11H2,(H2,26,27,31,32)/t14?,17-/m0/s1. The zero-order chi connectivity index (χ0) is 23.2. The molecule has 2 aliphatic rings. The molecule has 3 amide bonds. The van der Waals surface area contributed by atoms with Gasteiger partial charge >= 0.3 is 12.0 Å². The number of nitrogens with zero attached hydrogens (tertiary/aromatic N) is 5. The molecule has 0 radical (unpaired) electrons. The van der Waals surface area contributed by atoms with E-state index in [1.807, 2.05) is 6.07 Å². The van der Waals surface area contributed by atoms with E-state index in [0.29, 0.717) is 22.6 Å². The Bertz CT molecular complexity index is 1290. The van der Waals surface area contributed by atoms with Crippen LogP contribution in [-0.2, 0) is 4.79 Å². The highest BCUT2D eigenvalue weighted by Crippen LogP contribution is 2.36. The van der Waals surface area contributed by atoms with E-state index in [-0.39, 0.29) is 18.8 Å². The molecule has 4 heterocycles. The van der Waals surface area contributed by atoms with E-state index in [9.17, 15) is 18.4 Å². The number of imidazole rings is 1. The van der Waals surface area contributed by atoms with Crippen LogP contribution in [0.15, 0.2) is 42.7 Å². The second kappa shape index (κ2) is 7.70. The molecule has 2 atom stereocenters. The minimum Gasteiger partial charge on any atom is -0.482 e. The monoisotopic (exact) mass is 453 g/mol. The van der Waals surface area contributed by atoms with Crippen molar-refractivity contribution >= 4 is 23.3 Å². The molecule has 5 rings (SSSR count). The quantitative estimate of drug-likeness (QED) is 0.612. The first-order valence-corrected chi connectivity index (χ1v) is 10.1. The van der Waals surface area contributed by atoms with Gasteiger partial charge in [0.15, 0.2) is 11.8 Å². The van der Waals surface area contributed by atoms with Gasteiger partial charge in [-0.15, -0.1) is 0 Å². The maximum Gasteiger partial charge on any atom is 0.321 e. The summed E-state index contributed by atoms with van der Waals surface area (Å²) in [6.07, 6.45) is 1.60. The van der Waals surface area contributed by atoms with E-state index in [2.05, 4.69) is 20.7 Å². The third-order valence-corrected chi connectivity index (χ3v) is 5.60. The number of carbonyl (C=O) groups excluding carboxylic acids is 2. The molecular weight excluding hydrogens is 436 g/mol. The number of nitrogens with one attached hydrogen (secondary N) is 2. The second-order valence-corrected chi connectivity index (χ2v) is 7.79. The smallest absolute Gasteiger partial charge is 0.321 e. The van der Waals surface area contributed by atoms with Gasteiger partial charge in [0.2, 0.25) is 5.91 Å². The largest absolute Gasteiger partial charge is 0.482 e. The molecular formula is C21H17F2N7O3. The van der Waals surface area contributed by atoms with Crippen molar-refractivity contribution < 1.29 is 23.1 Å². The Hall–Kier alpha value is -4.27. The molecule has 10 nitrogen and oxygen atoms in total. The van der Waals surface area contributed by atoms with Crippen LogP contribution in [0.1, 0.15) is 17.2 Å². The van der Waals surface area contributed by atoms with Crippen molar-refractivity contribution in [3.8, 4) is 11.8 Å². The normalized spacial score (nSPS) is 22.0. The molecule has 2 saturated heterocycles. The van der Waals surface area contributed by atoms with Gasteiger partial charge in [0.05, 0.1) is 42.0 Å². The molecule has 1 aromatic carbocycles. The molecule has 3 aromatic rings. The van der Waals surface area contributed by atoms with Crippen LogP contribution in [0.5, 0.6) is 5.75 Å². The first-order chi connectivity index (χ1) is 15.8. The van der Waals surface area contributed by atoms with Gasteiger partial charge in [0, 0.05) is 18.9 Å². The van der Waals surface area contributed by atoms with E-state index in [4.69, 9.17) is 10.00 Å². The van der Waals surface area contributed by atoms with Crippen molar-refractivity contribution in [2.24, 2.45) is 0 Å². The summed E-state index contributed by atoms with van der Waals surface area (Å²) >= 11 is 0. The first kappa shape index (κ1) is 20.6. The Morgan fingerprint density at radius 2 is 2.03 bits per heavy atom. The minimum absolute atomic E-state index is 0.0396. The maximum absolute atomic E-state index is 14.9. The van der Waals surface area contributed by atoms with Crippen LogP contribution in [0.4, 0.5) is 19.3 Å². The average Bonchev–Trinajstić information content (AvgIpc) is 3.37. The summed E-state index contributed by atoms with van der Waals surface area (Å²) in [4.78, 5) is 29.4. The lowest BCUT2D eigenvalue weighted by Crippen LogP contribution is -2.51. The summed E-state index contributed by atoms with van der Waals surface area (Å²) in [5.74, 6) is -4.24. The molecule has 12 heteroatoms. The molecule has 0 aliphatic carbocycles. The number of fused-ring (bicyclic) bond motifs is 1. The zero-order valence-corrected chi connectivity index (χ0v) is 17.0. The van der Waals surface area contributed by atoms with Gasteiger partial charge in [-0.25, -0.2) is 23.1 Å². The van der Waals surface area contributed by atoms with Gasteiger partial charge in [0.1, 0.15) is 5.75 Å². The third-order valence-electron chi connectivity index (χ3n) is 5.60. The average molecular weight is 453 g/mol. The molecule has 2 N–H and O–H groups in total. The Balaban J connectivity index is 1.45. The van der Waals surface area contributed by atoms with Crippen LogP contribution in [0.3, 0.4) is 0 Å². The van der Waals surface area contributed by atoms with Crippen LogP contribution in [0.2, 0.25) is 0 Å². The van der Waals surface area contributed by atoms with Crippen LogP contribution < -0.4 is 20.3 Å². The first-order valence-electron chi connectivity index (χ1n) is 10.1. The predicted octanol–water partition coefficient (Wildman–Crippen LogP) is 1.43. The number of aromatic nitrogens is 3. The van der Waals surface area contributed by atoms with E-state index in [1.54, 1.807) is 12.3 Å². The maximum atomic E-state index is 14.9. The van der Waals surface area contributed by atoms with Gasteiger partial charge in [-0.05, 0) is 30.3 Å². The number of carbonyl (C=O) groups is 2. The Morgan fingerprint density at radius 3 is 2.76 bits per heavy atom. The van der Waals surface area contributed by atoms with Gasteiger partial charge < -0.3 is 15.0 Å². The van der Waals surface area contributed by atoms with Crippen LogP contribution in [0.25, 0.3) is 5.65 Å². The number of ether oxygens (including phenoxy) is 1. The van der Waals surface area contributed by atoms with Crippen LogP contribution in [0, 0.1) is 11.3 Å². The predicted molar refractivity (Wildman–Crippen MR) is 110 cm³/mol. The van der Waals surface area contributed by atoms with Gasteiger partial charge in [-0.2, -0.15) is 10.4 Å². The highest BCUT2D eigenvalue weighted by atomic mass is 19.3. The fourth-order valence-electron chi connectivity index (χ4n) is 3.93.